The van der Waals surface area contributed by atoms with Crippen LogP contribution in [0.1, 0.15) is 50.1 Å². The predicted molar refractivity (Wildman–Crippen MR) is 64.8 cm³/mol. The van der Waals surface area contributed by atoms with E-state index >= 15 is 0 Å². The fourth-order valence-corrected chi connectivity index (χ4v) is 1.65. The van der Waals surface area contributed by atoms with E-state index in [1.54, 1.807) is 12.1 Å². The van der Waals surface area contributed by atoms with E-state index in [1.807, 2.05) is 6.92 Å². The summed E-state index contributed by atoms with van der Waals surface area (Å²) in [6.45, 7) is 4.16. The minimum absolute atomic E-state index is 0.169. The van der Waals surface area contributed by atoms with E-state index in [0.717, 1.165) is 12.8 Å². The van der Waals surface area contributed by atoms with Crippen molar-refractivity contribution in [1.82, 2.24) is 5.32 Å². The maximum Gasteiger partial charge on any atom is 0.287 e. The summed E-state index contributed by atoms with van der Waals surface area (Å²) in [5.41, 5.74) is 0. The Labute approximate surface area is 101 Å². The predicted octanol–water partition coefficient (Wildman–Crippen LogP) is 3.63. The quantitative estimate of drug-likeness (QED) is 0.776. The van der Waals surface area contributed by atoms with Crippen LogP contribution in [-0.4, -0.2) is 11.9 Å². The number of hydrogen-bond donors (Lipinski definition) is 1. The Hall–Kier alpha value is -0.960. The summed E-state index contributed by atoms with van der Waals surface area (Å²) in [6.07, 6.45) is 4.52. The van der Waals surface area contributed by atoms with Gasteiger partial charge in [-0.05, 0) is 37.1 Å². The molecule has 1 N–H and O–H groups in total. The van der Waals surface area contributed by atoms with Crippen molar-refractivity contribution in [2.75, 3.05) is 0 Å². The molecule has 90 valence electrons. The van der Waals surface area contributed by atoms with Crippen LogP contribution >= 0.6 is 11.6 Å². The first-order chi connectivity index (χ1) is 7.63. The van der Waals surface area contributed by atoms with Gasteiger partial charge in [0.2, 0.25) is 0 Å². The van der Waals surface area contributed by atoms with Gasteiger partial charge in [-0.15, -0.1) is 0 Å². The Kier molecular flexibility index (Phi) is 5.39. The number of unbranched alkanes of at least 4 members (excludes halogenated alkanes) is 2. The summed E-state index contributed by atoms with van der Waals surface area (Å²) in [7, 11) is 0. The van der Waals surface area contributed by atoms with Crippen LogP contribution in [0.3, 0.4) is 0 Å². The van der Waals surface area contributed by atoms with Crippen molar-refractivity contribution in [3.8, 4) is 0 Å². The minimum Gasteiger partial charge on any atom is -0.440 e. The molecule has 0 radical (unpaired) electrons. The summed E-state index contributed by atoms with van der Waals surface area (Å²) in [6, 6.07) is 3.32. The molecule has 1 atom stereocenters. The molecule has 0 saturated heterocycles. The van der Waals surface area contributed by atoms with Crippen LogP contribution in [0.4, 0.5) is 0 Å². The fourth-order valence-electron chi connectivity index (χ4n) is 1.50. The molecule has 1 aromatic heterocycles. The molecule has 1 aromatic rings. The van der Waals surface area contributed by atoms with Crippen LogP contribution in [0, 0.1) is 0 Å². The van der Waals surface area contributed by atoms with E-state index in [1.165, 1.54) is 12.8 Å². The lowest BCUT2D eigenvalue weighted by molar-refractivity contribution is 0.0910. The highest BCUT2D eigenvalue weighted by molar-refractivity contribution is 6.29. The zero-order valence-corrected chi connectivity index (χ0v) is 10.5. The minimum atomic E-state index is -0.198. The third kappa shape index (κ3) is 4.27. The second-order valence-electron chi connectivity index (χ2n) is 3.97. The van der Waals surface area contributed by atoms with E-state index < -0.39 is 0 Å². The van der Waals surface area contributed by atoms with Gasteiger partial charge in [0.15, 0.2) is 11.0 Å². The molecule has 0 bridgehead atoms. The summed E-state index contributed by atoms with van der Waals surface area (Å²) in [5.74, 6) is 0.0724. The molecule has 16 heavy (non-hydrogen) atoms. The van der Waals surface area contributed by atoms with Gasteiger partial charge in [-0.1, -0.05) is 26.2 Å². The van der Waals surface area contributed by atoms with Crippen LogP contribution < -0.4 is 5.32 Å². The molecule has 1 unspecified atom stereocenters. The van der Waals surface area contributed by atoms with Crippen LogP contribution in [0.2, 0.25) is 5.22 Å². The van der Waals surface area contributed by atoms with Crippen molar-refractivity contribution in [3.05, 3.63) is 23.1 Å². The highest BCUT2D eigenvalue weighted by Crippen LogP contribution is 2.13. The van der Waals surface area contributed by atoms with E-state index in [4.69, 9.17) is 16.0 Å². The van der Waals surface area contributed by atoms with Crippen LogP contribution in [0.15, 0.2) is 16.5 Å². The number of halogens is 1. The topological polar surface area (TPSA) is 42.2 Å². The number of carbonyl (C=O) groups is 1. The van der Waals surface area contributed by atoms with Crippen LogP contribution in [-0.2, 0) is 0 Å². The first kappa shape index (κ1) is 13.1. The molecule has 0 aliphatic heterocycles. The second kappa shape index (κ2) is 6.59. The molecule has 1 amide bonds. The maximum absolute atomic E-state index is 11.6. The maximum atomic E-state index is 11.6. The summed E-state index contributed by atoms with van der Waals surface area (Å²) < 4.78 is 5.03. The van der Waals surface area contributed by atoms with Gasteiger partial charge in [-0.25, -0.2) is 0 Å². The normalized spacial score (nSPS) is 12.4. The largest absolute Gasteiger partial charge is 0.440 e. The Balaban J connectivity index is 2.33. The highest BCUT2D eigenvalue weighted by Gasteiger charge is 2.12. The Morgan fingerprint density at radius 2 is 2.25 bits per heavy atom. The van der Waals surface area contributed by atoms with Gasteiger partial charge in [0.05, 0.1) is 0 Å². The van der Waals surface area contributed by atoms with Crippen molar-refractivity contribution < 1.29 is 9.21 Å². The van der Waals surface area contributed by atoms with Crippen molar-refractivity contribution in [2.24, 2.45) is 0 Å². The van der Waals surface area contributed by atoms with Gasteiger partial charge in [0.25, 0.3) is 5.91 Å². The van der Waals surface area contributed by atoms with Gasteiger partial charge in [0, 0.05) is 6.04 Å². The van der Waals surface area contributed by atoms with Crippen LogP contribution in [0.5, 0.6) is 0 Å². The number of furan rings is 1. The molecule has 0 aromatic carbocycles. The lowest BCUT2D eigenvalue weighted by Crippen LogP contribution is -2.32. The highest BCUT2D eigenvalue weighted by atomic mass is 35.5. The van der Waals surface area contributed by atoms with Gasteiger partial charge in [-0.2, -0.15) is 0 Å². The van der Waals surface area contributed by atoms with E-state index in [2.05, 4.69) is 12.2 Å². The number of hydrogen-bond acceptors (Lipinski definition) is 2. The van der Waals surface area contributed by atoms with Gasteiger partial charge >= 0.3 is 0 Å². The summed E-state index contributed by atoms with van der Waals surface area (Å²) >= 11 is 5.60. The number of nitrogens with one attached hydrogen (secondary N) is 1. The molecule has 1 rings (SSSR count). The molecular formula is C12H18ClNO2. The van der Waals surface area contributed by atoms with Gasteiger partial charge < -0.3 is 9.73 Å². The number of rotatable bonds is 6. The average Bonchev–Trinajstić information content (AvgIpc) is 2.65. The molecule has 4 heteroatoms. The first-order valence-electron chi connectivity index (χ1n) is 5.69. The average molecular weight is 244 g/mol. The molecular weight excluding hydrogens is 226 g/mol. The molecule has 1 heterocycles. The number of amides is 1. The second-order valence-corrected chi connectivity index (χ2v) is 4.35. The standard InChI is InChI=1S/C12H18ClNO2/c1-3-4-5-6-9(2)14-12(15)10-7-8-11(13)16-10/h7-9H,3-6H2,1-2H3,(H,14,15). The zero-order chi connectivity index (χ0) is 12.0. The van der Waals surface area contributed by atoms with E-state index in [0.29, 0.717) is 0 Å². The lowest BCUT2D eigenvalue weighted by Gasteiger charge is -2.12. The first-order valence-corrected chi connectivity index (χ1v) is 6.07. The number of carbonyl (C=O) groups excluding carboxylic acids is 1. The Morgan fingerprint density at radius 1 is 1.50 bits per heavy atom. The lowest BCUT2D eigenvalue weighted by atomic mass is 10.1. The van der Waals surface area contributed by atoms with E-state index in [9.17, 15) is 4.79 Å². The summed E-state index contributed by atoms with van der Waals surface area (Å²) in [5, 5.41) is 3.12. The van der Waals surface area contributed by atoms with Crippen molar-refractivity contribution in [1.29, 1.82) is 0 Å². The third-order valence-corrected chi connectivity index (χ3v) is 2.62. The van der Waals surface area contributed by atoms with E-state index in [-0.39, 0.29) is 22.9 Å². The van der Waals surface area contributed by atoms with Crippen molar-refractivity contribution in [2.45, 2.75) is 45.6 Å². The van der Waals surface area contributed by atoms with Crippen LogP contribution in [0.25, 0.3) is 0 Å². The van der Waals surface area contributed by atoms with Crippen molar-refractivity contribution in [3.63, 3.8) is 0 Å². The van der Waals surface area contributed by atoms with Crippen molar-refractivity contribution >= 4 is 17.5 Å². The van der Waals surface area contributed by atoms with Gasteiger partial charge in [0.1, 0.15) is 0 Å². The third-order valence-electron chi connectivity index (χ3n) is 2.42. The molecule has 0 saturated carbocycles. The Morgan fingerprint density at radius 3 is 2.81 bits per heavy atom. The summed E-state index contributed by atoms with van der Waals surface area (Å²) in [4.78, 5) is 11.6. The SMILES string of the molecule is CCCCCC(C)NC(=O)c1ccc(Cl)o1. The smallest absolute Gasteiger partial charge is 0.287 e. The molecule has 0 aliphatic carbocycles. The molecule has 0 fully saturated rings. The molecule has 0 spiro atoms. The Bertz CT molecular complexity index is 336. The van der Waals surface area contributed by atoms with Gasteiger partial charge in [-0.3, -0.25) is 4.79 Å². The molecule has 0 aliphatic rings. The monoisotopic (exact) mass is 243 g/mol. The zero-order valence-electron chi connectivity index (χ0n) is 9.75. The fraction of sp³-hybridized carbons (Fsp3) is 0.583. The molecule has 3 nitrogen and oxygen atoms in total.